The van der Waals surface area contributed by atoms with E-state index in [-0.39, 0.29) is 0 Å². The molecule has 1 aromatic carbocycles. The first kappa shape index (κ1) is 14.5. The predicted molar refractivity (Wildman–Crippen MR) is 81.8 cm³/mol. The molecular formula is C17H28N2. The van der Waals surface area contributed by atoms with Gasteiger partial charge in [-0.1, -0.05) is 51.5 Å². The van der Waals surface area contributed by atoms with Gasteiger partial charge in [0.05, 0.1) is 0 Å². The Balaban J connectivity index is 2.20. The van der Waals surface area contributed by atoms with Crippen LogP contribution in [0, 0.1) is 30.6 Å². The fourth-order valence-corrected chi connectivity index (χ4v) is 3.78. The molecule has 3 N–H and O–H groups in total. The molecular weight excluding hydrogens is 232 g/mol. The molecule has 0 heterocycles. The predicted octanol–water partition coefficient (Wildman–Crippen LogP) is 3.36. The number of rotatable bonds is 4. The van der Waals surface area contributed by atoms with Gasteiger partial charge in [-0.15, -0.1) is 0 Å². The van der Waals surface area contributed by atoms with Crippen LogP contribution in [-0.4, -0.2) is 6.04 Å². The van der Waals surface area contributed by atoms with Crippen molar-refractivity contribution >= 4 is 0 Å². The van der Waals surface area contributed by atoms with Crippen LogP contribution in [0.25, 0.3) is 0 Å². The fraction of sp³-hybridized carbons (Fsp3) is 0.647. The summed E-state index contributed by atoms with van der Waals surface area (Å²) in [6.45, 7) is 13.7. The lowest BCUT2D eigenvalue weighted by Gasteiger charge is -2.20. The summed E-state index contributed by atoms with van der Waals surface area (Å²) in [5.74, 6) is 6.47. The number of nitrogens with two attached hydrogens (primary N) is 1. The van der Waals surface area contributed by atoms with Crippen molar-refractivity contribution in [3.05, 3.63) is 34.9 Å². The maximum atomic E-state index is 5.84. The number of aryl methyl sites for hydroxylation is 2. The summed E-state index contributed by atoms with van der Waals surface area (Å²) in [6, 6.07) is 7.03. The average molecular weight is 260 g/mol. The van der Waals surface area contributed by atoms with Crippen molar-refractivity contribution in [2.24, 2.45) is 22.6 Å². The van der Waals surface area contributed by atoms with Gasteiger partial charge in [-0.2, -0.15) is 0 Å². The first-order valence-corrected chi connectivity index (χ1v) is 7.24. The molecule has 1 fully saturated rings. The third-order valence-electron chi connectivity index (χ3n) is 5.69. The number of hydrogen-bond acceptors (Lipinski definition) is 2. The lowest BCUT2D eigenvalue weighted by molar-refractivity contribution is 0.401. The zero-order chi connectivity index (χ0) is 14.4. The van der Waals surface area contributed by atoms with Crippen molar-refractivity contribution in [1.82, 2.24) is 5.43 Å². The standard InChI is InChI=1S/C17H28N2/c1-11-7-8-12(2)13(9-11)10-14(19-18)15-16(3,4)17(15,5)6/h7-9,14-15,19H,10,18H2,1-6H3. The van der Waals surface area contributed by atoms with Crippen molar-refractivity contribution in [3.8, 4) is 0 Å². The first-order valence-electron chi connectivity index (χ1n) is 7.24. The molecule has 0 radical (unpaired) electrons. The molecule has 2 heteroatoms. The smallest absolute Gasteiger partial charge is 0.0289 e. The van der Waals surface area contributed by atoms with Crippen LogP contribution < -0.4 is 11.3 Å². The zero-order valence-electron chi connectivity index (χ0n) is 13.2. The van der Waals surface area contributed by atoms with Gasteiger partial charge in [-0.3, -0.25) is 11.3 Å². The largest absolute Gasteiger partial charge is 0.271 e. The highest BCUT2D eigenvalue weighted by atomic mass is 15.2. The van der Waals surface area contributed by atoms with Gasteiger partial charge in [-0.25, -0.2) is 0 Å². The molecule has 0 saturated heterocycles. The molecule has 19 heavy (non-hydrogen) atoms. The monoisotopic (exact) mass is 260 g/mol. The van der Waals surface area contributed by atoms with E-state index in [1.54, 1.807) is 0 Å². The van der Waals surface area contributed by atoms with Crippen LogP contribution in [0.5, 0.6) is 0 Å². The second-order valence-electron chi connectivity index (χ2n) is 7.33. The van der Waals surface area contributed by atoms with Crippen LogP contribution in [0.1, 0.15) is 44.4 Å². The van der Waals surface area contributed by atoms with Gasteiger partial charge in [0.15, 0.2) is 0 Å². The third-order valence-corrected chi connectivity index (χ3v) is 5.69. The fourth-order valence-electron chi connectivity index (χ4n) is 3.78. The van der Waals surface area contributed by atoms with Gasteiger partial charge in [0, 0.05) is 6.04 Å². The summed E-state index contributed by atoms with van der Waals surface area (Å²) >= 11 is 0. The maximum Gasteiger partial charge on any atom is 0.0289 e. The van der Waals surface area contributed by atoms with E-state index in [2.05, 4.69) is 65.2 Å². The minimum Gasteiger partial charge on any atom is -0.271 e. The SMILES string of the molecule is Cc1ccc(C)c(CC(NN)C2C(C)(C)C2(C)C)c1. The molecule has 2 nitrogen and oxygen atoms in total. The van der Waals surface area contributed by atoms with Gasteiger partial charge in [-0.05, 0) is 48.1 Å². The van der Waals surface area contributed by atoms with Crippen LogP contribution >= 0.6 is 0 Å². The Morgan fingerprint density at radius 2 is 1.74 bits per heavy atom. The Morgan fingerprint density at radius 1 is 1.16 bits per heavy atom. The van der Waals surface area contributed by atoms with Crippen molar-refractivity contribution in [1.29, 1.82) is 0 Å². The molecule has 0 aliphatic heterocycles. The van der Waals surface area contributed by atoms with Gasteiger partial charge >= 0.3 is 0 Å². The topological polar surface area (TPSA) is 38.0 Å². The van der Waals surface area contributed by atoms with Crippen LogP contribution in [0.4, 0.5) is 0 Å². The van der Waals surface area contributed by atoms with E-state index in [1.807, 2.05) is 0 Å². The Hall–Kier alpha value is -0.860. The molecule has 0 spiro atoms. The molecule has 1 aromatic rings. The lowest BCUT2D eigenvalue weighted by Crippen LogP contribution is -2.40. The molecule has 1 aliphatic rings. The average Bonchev–Trinajstić information content (AvgIpc) is 2.72. The van der Waals surface area contributed by atoms with Gasteiger partial charge in [0.1, 0.15) is 0 Å². The highest BCUT2D eigenvalue weighted by Gasteiger charge is 2.66. The summed E-state index contributed by atoms with van der Waals surface area (Å²) in [4.78, 5) is 0. The normalized spacial score (nSPS) is 22.3. The van der Waals surface area contributed by atoms with E-state index in [4.69, 9.17) is 5.84 Å². The lowest BCUT2D eigenvalue weighted by atomic mass is 9.94. The molecule has 1 aliphatic carbocycles. The van der Waals surface area contributed by atoms with E-state index in [1.165, 1.54) is 16.7 Å². The summed E-state index contributed by atoms with van der Waals surface area (Å²) in [7, 11) is 0. The van der Waals surface area contributed by atoms with E-state index in [0.29, 0.717) is 22.8 Å². The Morgan fingerprint density at radius 3 is 2.21 bits per heavy atom. The van der Waals surface area contributed by atoms with Crippen LogP contribution in [0.3, 0.4) is 0 Å². The van der Waals surface area contributed by atoms with E-state index in [9.17, 15) is 0 Å². The summed E-state index contributed by atoms with van der Waals surface area (Å²) in [6.07, 6.45) is 1.02. The molecule has 0 bridgehead atoms. The van der Waals surface area contributed by atoms with Gasteiger partial charge in [0.2, 0.25) is 0 Å². The summed E-state index contributed by atoms with van der Waals surface area (Å²) in [5, 5.41) is 0. The van der Waals surface area contributed by atoms with Crippen molar-refractivity contribution < 1.29 is 0 Å². The van der Waals surface area contributed by atoms with E-state index >= 15 is 0 Å². The minimum absolute atomic E-state index is 0.352. The molecule has 1 atom stereocenters. The number of hydrogen-bond donors (Lipinski definition) is 2. The van der Waals surface area contributed by atoms with Gasteiger partial charge in [0.25, 0.3) is 0 Å². The molecule has 1 saturated carbocycles. The highest BCUT2D eigenvalue weighted by molar-refractivity contribution is 5.32. The number of hydrazine groups is 1. The second-order valence-corrected chi connectivity index (χ2v) is 7.33. The van der Waals surface area contributed by atoms with Crippen LogP contribution in [0.2, 0.25) is 0 Å². The van der Waals surface area contributed by atoms with Crippen LogP contribution in [0.15, 0.2) is 18.2 Å². The van der Waals surface area contributed by atoms with E-state index in [0.717, 1.165) is 6.42 Å². The third kappa shape index (κ3) is 2.32. The zero-order valence-corrected chi connectivity index (χ0v) is 13.2. The van der Waals surface area contributed by atoms with E-state index < -0.39 is 0 Å². The Bertz CT molecular complexity index is 460. The summed E-state index contributed by atoms with van der Waals surface area (Å²) in [5.41, 5.74) is 7.90. The Kier molecular flexibility index (Phi) is 3.53. The molecule has 106 valence electrons. The minimum atomic E-state index is 0.352. The summed E-state index contributed by atoms with van der Waals surface area (Å²) < 4.78 is 0. The van der Waals surface area contributed by atoms with Gasteiger partial charge < -0.3 is 0 Å². The number of nitrogens with one attached hydrogen (secondary N) is 1. The Labute approximate surface area is 117 Å². The maximum absolute atomic E-state index is 5.84. The molecule has 1 unspecified atom stereocenters. The van der Waals surface area contributed by atoms with Crippen molar-refractivity contribution in [3.63, 3.8) is 0 Å². The molecule has 2 rings (SSSR count). The second kappa shape index (κ2) is 4.60. The van der Waals surface area contributed by atoms with Crippen LogP contribution in [-0.2, 0) is 6.42 Å². The molecule has 0 amide bonds. The van der Waals surface area contributed by atoms with Crippen molar-refractivity contribution in [2.75, 3.05) is 0 Å². The van der Waals surface area contributed by atoms with Crippen molar-refractivity contribution in [2.45, 2.75) is 54.0 Å². The first-order chi connectivity index (χ1) is 8.71. The highest BCUT2D eigenvalue weighted by Crippen LogP contribution is 2.69. The quantitative estimate of drug-likeness (QED) is 0.643. The number of benzene rings is 1. The molecule has 0 aromatic heterocycles.